The molecular formula is C19H14ClF4N3O. The van der Waals surface area contributed by atoms with Crippen molar-refractivity contribution in [2.24, 2.45) is 0 Å². The van der Waals surface area contributed by atoms with Crippen molar-refractivity contribution in [1.82, 2.24) is 14.7 Å². The van der Waals surface area contributed by atoms with Crippen LogP contribution in [0.15, 0.2) is 42.5 Å². The Morgan fingerprint density at radius 3 is 2.57 bits per heavy atom. The van der Waals surface area contributed by atoms with Gasteiger partial charge in [-0.05, 0) is 30.3 Å². The van der Waals surface area contributed by atoms with Gasteiger partial charge in [0.1, 0.15) is 12.2 Å². The SMILES string of the molecule is O=C(c1ccc2c(c1)c(-c1cccc(Cl)c1)nn2CC(F)F)N1CC(F)(F)C1. The molecule has 0 radical (unpaired) electrons. The molecule has 1 amide bonds. The summed E-state index contributed by atoms with van der Waals surface area (Å²) >= 11 is 6.03. The van der Waals surface area contributed by atoms with Crippen molar-refractivity contribution >= 4 is 28.4 Å². The molecule has 28 heavy (non-hydrogen) atoms. The molecule has 146 valence electrons. The van der Waals surface area contributed by atoms with Crippen LogP contribution < -0.4 is 0 Å². The molecule has 0 saturated carbocycles. The fourth-order valence-corrected chi connectivity index (χ4v) is 3.46. The first-order valence-corrected chi connectivity index (χ1v) is 8.83. The van der Waals surface area contributed by atoms with Crippen LogP contribution in [0.3, 0.4) is 0 Å². The van der Waals surface area contributed by atoms with Gasteiger partial charge in [0, 0.05) is 21.5 Å². The van der Waals surface area contributed by atoms with Gasteiger partial charge in [0.25, 0.3) is 18.3 Å². The molecule has 1 aliphatic rings. The molecule has 0 unspecified atom stereocenters. The number of aromatic nitrogens is 2. The maximum atomic E-state index is 13.1. The van der Waals surface area contributed by atoms with Gasteiger partial charge in [-0.3, -0.25) is 9.48 Å². The number of fused-ring (bicyclic) bond motifs is 1. The van der Waals surface area contributed by atoms with E-state index in [0.717, 1.165) is 4.90 Å². The summed E-state index contributed by atoms with van der Waals surface area (Å²) in [6, 6.07) is 11.2. The standard InChI is InChI=1S/C19H14ClF4N3O/c20-13-3-1-2-11(6-13)17-14-7-12(18(28)26-9-19(23,24)10-26)4-5-15(14)27(25-17)8-16(21)22/h1-7,16H,8-10H2. The molecule has 0 atom stereocenters. The van der Waals surface area contributed by atoms with Gasteiger partial charge in [-0.1, -0.05) is 23.7 Å². The third-order valence-corrected chi connectivity index (χ3v) is 4.77. The van der Waals surface area contributed by atoms with E-state index in [1.54, 1.807) is 24.3 Å². The Hall–Kier alpha value is -2.61. The zero-order valence-electron chi connectivity index (χ0n) is 14.4. The molecule has 0 N–H and O–H groups in total. The third-order valence-electron chi connectivity index (χ3n) is 4.54. The summed E-state index contributed by atoms with van der Waals surface area (Å²) in [6.07, 6.45) is -2.61. The maximum Gasteiger partial charge on any atom is 0.282 e. The van der Waals surface area contributed by atoms with Crippen LogP contribution in [0.1, 0.15) is 10.4 Å². The number of carbonyl (C=O) groups is 1. The first-order chi connectivity index (χ1) is 13.2. The predicted molar refractivity (Wildman–Crippen MR) is 97.0 cm³/mol. The summed E-state index contributed by atoms with van der Waals surface area (Å²) in [4.78, 5) is 13.5. The average Bonchev–Trinajstić information content (AvgIpc) is 2.96. The summed E-state index contributed by atoms with van der Waals surface area (Å²) in [5, 5.41) is 5.20. The molecule has 3 aromatic rings. The number of hydrogen-bond donors (Lipinski definition) is 0. The molecule has 1 fully saturated rings. The topological polar surface area (TPSA) is 38.1 Å². The number of halogens is 5. The highest BCUT2D eigenvalue weighted by atomic mass is 35.5. The van der Waals surface area contributed by atoms with Crippen LogP contribution in [-0.4, -0.2) is 46.0 Å². The molecule has 2 aromatic carbocycles. The zero-order chi connectivity index (χ0) is 20.1. The van der Waals surface area contributed by atoms with E-state index in [2.05, 4.69) is 5.10 Å². The summed E-state index contributed by atoms with van der Waals surface area (Å²) in [5.41, 5.74) is 1.61. The Labute approximate surface area is 162 Å². The van der Waals surface area contributed by atoms with Crippen molar-refractivity contribution in [3.05, 3.63) is 53.1 Å². The lowest BCUT2D eigenvalue weighted by atomic mass is 10.0. The van der Waals surface area contributed by atoms with Crippen molar-refractivity contribution in [3.63, 3.8) is 0 Å². The number of nitrogens with zero attached hydrogens (tertiary/aromatic N) is 3. The van der Waals surface area contributed by atoms with Crippen LogP contribution in [0.25, 0.3) is 22.2 Å². The number of rotatable bonds is 4. The minimum absolute atomic E-state index is 0.197. The highest BCUT2D eigenvalue weighted by Crippen LogP contribution is 2.32. The molecule has 2 heterocycles. The van der Waals surface area contributed by atoms with Crippen LogP contribution in [0.2, 0.25) is 5.02 Å². The minimum Gasteiger partial charge on any atom is -0.326 e. The number of benzene rings is 2. The molecule has 0 aliphatic carbocycles. The summed E-state index contributed by atoms with van der Waals surface area (Å²) in [5.74, 6) is -3.40. The van der Waals surface area contributed by atoms with E-state index in [9.17, 15) is 22.4 Å². The molecule has 1 saturated heterocycles. The highest BCUT2D eigenvalue weighted by Gasteiger charge is 2.46. The molecule has 0 bridgehead atoms. The Balaban J connectivity index is 1.80. The van der Waals surface area contributed by atoms with Crippen LogP contribution in [0, 0.1) is 0 Å². The van der Waals surface area contributed by atoms with Gasteiger partial charge < -0.3 is 4.90 Å². The first-order valence-electron chi connectivity index (χ1n) is 8.45. The predicted octanol–water partition coefficient (Wildman–Crippen LogP) is 4.71. The lowest BCUT2D eigenvalue weighted by Crippen LogP contribution is -2.58. The van der Waals surface area contributed by atoms with Crippen LogP contribution in [0.5, 0.6) is 0 Å². The Morgan fingerprint density at radius 2 is 1.93 bits per heavy atom. The van der Waals surface area contributed by atoms with Gasteiger partial charge in [-0.25, -0.2) is 17.6 Å². The number of amides is 1. The van der Waals surface area contributed by atoms with Crippen molar-refractivity contribution in [1.29, 1.82) is 0 Å². The monoisotopic (exact) mass is 411 g/mol. The Bertz CT molecular complexity index is 1060. The fraction of sp³-hybridized carbons (Fsp3) is 0.263. The van der Waals surface area contributed by atoms with Crippen LogP contribution >= 0.6 is 11.6 Å². The van der Waals surface area contributed by atoms with E-state index >= 15 is 0 Å². The lowest BCUT2D eigenvalue weighted by molar-refractivity contribution is -0.113. The number of alkyl halides is 4. The summed E-state index contributed by atoms with van der Waals surface area (Å²) in [6.45, 7) is -1.87. The van der Waals surface area contributed by atoms with Gasteiger partial charge in [0.2, 0.25) is 0 Å². The molecule has 4 nitrogen and oxygen atoms in total. The van der Waals surface area contributed by atoms with Gasteiger partial charge in [0.15, 0.2) is 0 Å². The third kappa shape index (κ3) is 3.44. The van der Waals surface area contributed by atoms with E-state index in [4.69, 9.17) is 11.6 Å². The second kappa shape index (κ2) is 6.77. The van der Waals surface area contributed by atoms with E-state index in [1.165, 1.54) is 22.9 Å². The van der Waals surface area contributed by atoms with E-state index < -0.39 is 37.9 Å². The number of hydrogen-bond acceptors (Lipinski definition) is 2. The van der Waals surface area contributed by atoms with Gasteiger partial charge >= 0.3 is 0 Å². The summed E-state index contributed by atoms with van der Waals surface area (Å²) < 4.78 is 53.2. The maximum absolute atomic E-state index is 13.1. The van der Waals surface area contributed by atoms with Crippen molar-refractivity contribution in [2.75, 3.05) is 13.1 Å². The van der Waals surface area contributed by atoms with Crippen molar-refractivity contribution in [2.45, 2.75) is 18.9 Å². The largest absolute Gasteiger partial charge is 0.326 e. The normalized spacial score (nSPS) is 15.9. The Kier molecular flexibility index (Phi) is 4.53. The number of carbonyl (C=O) groups excluding carboxylic acids is 1. The van der Waals surface area contributed by atoms with Crippen molar-refractivity contribution < 1.29 is 22.4 Å². The van der Waals surface area contributed by atoms with Gasteiger partial charge in [0.05, 0.1) is 18.6 Å². The second-order valence-electron chi connectivity index (χ2n) is 6.68. The van der Waals surface area contributed by atoms with Gasteiger partial charge in [-0.15, -0.1) is 0 Å². The smallest absolute Gasteiger partial charge is 0.282 e. The highest BCUT2D eigenvalue weighted by molar-refractivity contribution is 6.30. The number of likely N-dealkylation sites (tertiary alicyclic amines) is 1. The summed E-state index contributed by atoms with van der Waals surface area (Å²) in [7, 11) is 0. The van der Waals surface area contributed by atoms with E-state index in [1.807, 2.05) is 0 Å². The van der Waals surface area contributed by atoms with Crippen LogP contribution in [-0.2, 0) is 6.54 Å². The Morgan fingerprint density at radius 1 is 1.18 bits per heavy atom. The molecular weight excluding hydrogens is 398 g/mol. The first kappa shape index (κ1) is 18.7. The lowest BCUT2D eigenvalue weighted by Gasteiger charge is -2.38. The molecule has 1 aromatic heterocycles. The molecule has 9 heteroatoms. The van der Waals surface area contributed by atoms with Crippen molar-refractivity contribution in [3.8, 4) is 11.3 Å². The molecule has 0 spiro atoms. The average molecular weight is 412 g/mol. The van der Waals surface area contributed by atoms with Gasteiger partial charge in [-0.2, -0.15) is 5.10 Å². The van der Waals surface area contributed by atoms with E-state index in [0.29, 0.717) is 27.2 Å². The van der Waals surface area contributed by atoms with Crippen LogP contribution in [0.4, 0.5) is 17.6 Å². The second-order valence-corrected chi connectivity index (χ2v) is 7.12. The minimum atomic E-state index is -2.87. The molecule has 1 aliphatic heterocycles. The fourth-order valence-electron chi connectivity index (χ4n) is 3.27. The van der Waals surface area contributed by atoms with E-state index in [-0.39, 0.29) is 5.56 Å². The quantitative estimate of drug-likeness (QED) is 0.583. The molecule has 4 rings (SSSR count). The zero-order valence-corrected chi connectivity index (χ0v) is 15.1.